The fourth-order valence-electron chi connectivity index (χ4n) is 0.860. The zero-order valence-corrected chi connectivity index (χ0v) is 8.45. The van der Waals surface area contributed by atoms with E-state index in [1.807, 2.05) is 0 Å². The molecule has 0 saturated heterocycles. The maximum absolute atomic E-state index is 10.4. The first-order valence-corrected chi connectivity index (χ1v) is 3.76. The topological polar surface area (TPSA) is 216 Å². The molecule has 0 rings (SSSR count). The molecule has 0 N–H and O–H groups in total. The van der Waals surface area contributed by atoms with Crippen LogP contribution in [0.5, 0.6) is 0 Å². The fraction of sp³-hybridized carbons (Fsp3) is 1.00. The van der Waals surface area contributed by atoms with Gasteiger partial charge in [-0.2, -0.15) is 0 Å². The first-order valence-electron chi connectivity index (χ1n) is 3.38. The van der Waals surface area contributed by atoms with Crippen molar-refractivity contribution in [1.29, 1.82) is 0 Å². The highest BCUT2D eigenvalue weighted by Gasteiger charge is 3.03. The van der Waals surface area contributed by atoms with Crippen molar-refractivity contribution in [2.24, 2.45) is 0 Å². The van der Waals surface area contributed by atoms with E-state index in [4.69, 9.17) is 0 Å². The Morgan fingerprint density at radius 2 is 0.833 bits per heavy atom. The molecule has 0 fully saturated rings. The zero-order chi connectivity index (χ0) is 14.9. The first-order chi connectivity index (χ1) is 7.97. The first kappa shape index (κ1) is 15.3. The van der Waals surface area contributed by atoms with Crippen molar-refractivity contribution in [3.8, 4) is 0 Å². The summed E-state index contributed by atoms with van der Waals surface area (Å²) in [5, 5.41) is 47.0. The minimum absolute atomic E-state index is 2.29. The zero-order valence-electron chi connectivity index (χ0n) is 7.70. The third-order valence-corrected chi connectivity index (χ3v) is 2.20. The quantitative estimate of drug-likeness (QED) is 0.189. The highest BCUT2D eigenvalue weighted by Crippen LogP contribution is 2.34. The summed E-state index contributed by atoms with van der Waals surface area (Å²) >= 11 is 4.59. The second kappa shape index (κ2) is 4.28. The van der Waals surface area contributed by atoms with Crippen LogP contribution in [0.3, 0.4) is 0 Å². The molecule has 0 aromatic carbocycles. The van der Waals surface area contributed by atoms with Crippen molar-refractivity contribution in [2.75, 3.05) is 0 Å². The van der Waals surface area contributed by atoms with E-state index in [9.17, 15) is 50.6 Å². The van der Waals surface area contributed by atoms with Gasteiger partial charge in [0.05, 0.1) is 11.6 Å². The van der Waals surface area contributed by atoms with E-state index in [0.29, 0.717) is 0 Å². The van der Waals surface area contributed by atoms with Crippen LogP contribution in [0.4, 0.5) is 0 Å². The third kappa shape index (κ3) is 1.52. The van der Waals surface area contributed by atoms with Crippen LogP contribution in [0.1, 0.15) is 0 Å². The van der Waals surface area contributed by atoms with E-state index in [-0.39, 0.29) is 0 Å². The van der Waals surface area contributed by atoms with Gasteiger partial charge in [0.15, 0.2) is 14.8 Å². The van der Waals surface area contributed by atoms with Crippen LogP contribution in [0.15, 0.2) is 0 Å². The number of halogens is 1. The molecule has 0 bridgehead atoms. The van der Waals surface area contributed by atoms with Gasteiger partial charge in [-0.05, 0) is 0 Å². The molecule has 0 aromatic heterocycles. The maximum Gasteiger partial charge on any atom is 0.858 e. The van der Waals surface area contributed by atoms with Gasteiger partial charge in [-0.25, -0.2) is 0 Å². The molecule has 100 valence electrons. The van der Waals surface area contributed by atoms with Gasteiger partial charge in [-0.3, -0.25) is 50.6 Å². The van der Waals surface area contributed by atoms with E-state index in [1.54, 1.807) is 0 Å². The molecule has 0 spiro atoms. The molecular weight excluding hydrogens is 290 g/mol. The van der Waals surface area contributed by atoms with Crippen LogP contribution in [-0.2, 0) is 0 Å². The summed E-state index contributed by atoms with van der Waals surface area (Å²) in [5.41, 5.74) is 0. The molecule has 0 aliphatic carbocycles. The van der Waals surface area contributed by atoms with Gasteiger partial charge in [0.1, 0.15) is 9.85 Å². The van der Waals surface area contributed by atoms with Crippen LogP contribution in [0, 0.1) is 50.6 Å². The van der Waals surface area contributed by atoms with Gasteiger partial charge in [0, 0.05) is 0 Å². The molecule has 0 amide bonds. The van der Waals surface area contributed by atoms with E-state index in [0.717, 1.165) is 0 Å². The summed E-state index contributed by atoms with van der Waals surface area (Å²) in [7, 11) is 0. The number of hydrogen-bond acceptors (Lipinski definition) is 10. The lowest BCUT2D eigenvalue weighted by atomic mass is 10.3. The molecule has 0 aromatic rings. The molecule has 0 radical (unpaired) electrons. The largest absolute Gasteiger partial charge is 0.858 e. The summed E-state index contributed by atoms with van der Waals surface area (Å²) in [6.45, 7) is 0. The average Bonchev–Trinajstić information content (AvgIpc) is 2.15. The van der Waals surface area contributed by atoms with Gasteiger partial charge >= 0.3 is 10.9 Å². The van der Waals surface area contributed by atoms with Gasteiger partial charge in [0.2, 0.25) is 0 Å². The molecule has 16 heteroatoms. The van der Waals surface area contributed by atoms with Gasteiger partial charge < -0.3 is 0 Å². The molecule has 15 nitrogen and oxygen atoms in total. The van der Waals surface area contributed by atoms with Crippen molar-refractivity contribution in [2.45, 2.75) is 10.9 Å². The van der Waals surface area contributed by atoms with Crippen LogP contribution in [0.2, 0.25) is 0 Å². The lowest BCUT2D eigenvalue weighted by Crippen LogP contribution is -2.72. The average molecular weight is 290 g/mol. The van der Waals surface area contributed by atoms with Crippen LogP contribution in [-0.4, -0.2) is 35.5 Å². The summed E-state index contributed by atoms with van der Waals surface area (Å²) in [6, 6.07) is 0. The number of nitro groups is 5. The van der Waals surface area contributed by atoms with Crippen molar-refractivity contribution < 1.29 is 24.6 Å². The second-order valence-corrected chi connectivity index (χ2v) is 3.04. The minimum atomic E-state index is -5.07. The predicted molar refractivity (Wildman–Crippen MR) is 46.3 cm³/mol. The van der Waals surface area contributed by atoms with E-state index >= 15 is 0 Å². The Hall–Kier alpha value is -2.71. The maximum atomic E-state index is 10.4. The predicted octanol–water partition coefficient (Wildman–Crippen LogP) is -1.08. The Labute approximate surface area is 98.7 Å². The van der Waals surface area contributed by atoms with Gasteiger partial charge in [-0.1, -0.05) is 0 Å². The Morgan fingerprint density at radius 1 is 0.611 bits per heavy atom. The Kier molecular flexibility index (Phi) is 3.63. The van der Waals surface area contributed by atoms with Crippen LogP contribution >= 0.6 is 11.6 Å². The van der Waals surface area contributed by atoms with E-state index < -0.39 is 35.5 Å². The normalized spacial score (nSPS) is 11.6. The Bertz CT molecular complexity index is 407. The van der Waals surface area contributed by atoms with Gasteiger partial charge in [-0.15, -0.1) is 0 Å². The van der Waals surface area contributed by atoms with E-state index in [2.05, 4.69) is 11.6 Å². The third-order valence-electron chi connectivity index (χ3n) is 1.67. The smallest absolute Gasteiger partial charge is 0.256 e. The van der Waals surface area contributed by atoms with Crippen LogP contribution in [0.25, 0.3) is 0 Å². The van der Waals surface area contributed by atoms with Crippen molar-refractivity contribution in [3.05, 3.63) is 50.6 Å². The lowest BCUT2D eigenvalue weighted by molar-refractivity contribution is -1.04. The van der Waals surface area contributed by atoms with E-state index in [1.165, 1.54) is 0 Å². The number of rotatable bonds is 6. The minimum Gasteiger partial charge on any atom is -0.256 e. The standard InChI is InChI=1S/C2ClN5O10/c3-1(4(9)10,5(11)12)2(6(13)14,7(15)16)8(17)18. The number of alkyl halides is 1. The molecule has 0 saturated carbocycles. The molecule has 18 heavy (non-hydrogen) atoms. The molecule has 0 unspecified atom stereocenters. The molecule has 0 aliphatic heterocycles. The van der Waals surface area contributed by atoms with Crippen molar-refractivity contribution in [1.82, 2.24) is 0 Å². The molecule has 0 atom stereocenters. The SMILES string of the molecule is O=[N+]([O-])C(Cl)([N+](=O)[O-])C([N+](=O)[O-])([N+](=O)[O-])[N+](=O)[O-]. The van der Waals surface area contributed by atoms with Crippen molar-refractivity contribution >= 4 is 11.6 Å². The van der Waals surface area contributed by atoms with Gasteiger partial charge in [0.25, 0.3) is 0 Å². The Morgan fingerprint density at radius 3 is 0.889 bits per heavy atom. The monoisotopic (exact) mass is 289 g/mol. The second-order valence-electron chi connectivity index (χ2n) is 2.51. The summed E-state index contributed by atoms with van der Waals surface area (Å²) in [6.07, 6.45) is 0. The molecule has 0 aliphatic rings. The molecular formula is C2ClN5O10. The summed E-state index contributed by atoms with van der Waals surface area (Å²) < 4.78 is 0. The number of nitrogens with zero attached hydrogens (tertiary/aromatic N) is 5. The Balaban J connectivity index is 6.60. The van der Waals surface area contributed by atoms with Crippen LogP contribution < -0.4 is 0 Å². The molecule has 0 heterocycles. The van der Waals surface area contributed by atoms with Crippen molar-refractivity contribution in [3.63, 3.8) is 0 Å². The fourth-order valence-corrected chi connectivity index (χ4v) is 1.07. The summed E-state index contributed by atoms with van der Waals surface area (Å²) in [4.78, 5) is 40.0. The lowest BCUT2D eigenvalue weighted by Gasteiger charge is -2.11. The highest BCUT2D eigenvalue weighted by molar-refractivity contribution is 6.21. The highest BCUT2D eigenvalue weighted by atomic mass is 35.5. The summed E-state index contributed by atoms with van der Waals surface area (Å²) in [5.74, 6) is -5.07. The number of hydrogen-bond donors (Lipinski definition) is 0.